The number of Topliss-reactive ketones (excluding diaryl/α,β-unsaturated/α-hetero) is 1. The van der Waals surface area contributed by atoms with Crippen molar-refractivity contribution in [3.05, 3.63) is 48.0 Å². The van der Waals surface area contributed by atoms with E-state index >= 15 is 0 Å². The summed E-state index contributed by atoms with van der Waals surface area (Å²) in [4.78, 5) is 13.1. The van der Waals surface area contributed by atoms with Gasteiger partial charge in [0.2, 0.25) is 0 Å². The Morgan fingerprint density at radius 3 is 2.57 bits per heavy atom. The van der Waals surface area contributed by atoms with E-state index in [0.29, 0.717) is 0 Å². The number of nitrogens with zero attached hydrogens (tertiary/aromatic N) is 1. The Morgan fingerprint density at radius 2 is 2.07 bits per heavy atom. The van der Waals surface area contributed by atoms with E-state index in [-0.39, 0.29) is 5.78 Å². The summed E-state index contributed by atoms with van der Waals surface area (Å²) in [5, 5.41) is 0. The highest BCUT2D eigenvalue weighted by Gasteiger charge is 2.09. The van der Waals surface area contributed by atoms with Gasteiger partial charge in [0.1, 0.15) is 0 Å². The lowest BCUT2D eigenvalue weighted by molar-refractivity contribution is -0.113. The maximum Gasteiger partial charge on any atom is 0.161 e. The second kappa shape index (κ2) is 4.61. The molecule has 0 unspecified atom stereocenters. The molecule has 0 aliphatic carbocycles. The molecule has 74 valence electrons. The third kappa shape index (κ3) is 2.22. The first kappa shape index (κ1) is 10.5. The van der Waals surface area contributed by atoms with Crippen LogP contribution in [0.5, 0.6) is 0 Å². The molecule has 14 heavy (non-hydrogen) atoms. The molecule has 0 fully saturated rings. The number of hydrogen-bond donors (Lipinski definition) is 0. The van der Waals surface area contributed by atoms with Gasteiger partial charge in [0.25, 0.3) is 0 Å². The third-order valence-corrected chi connectivity index (χ3v) is 2.02. The van der Waals surface area contributed by atoms with Gasteiger partial charge in [0, 0.05) is 23.7 Å². The minimum atomic E-state index is 0.0888. The highest BCUT2D eigenvalue weighted by Crippen LogP contribution is 2.17. The number of carbonyl (C=O) groups excluding carboxylic acids is 1. The Kier molecular flexibility index (Phi) is 3.46. The van der Waals surface area contributed by atoms with Gasteiger partial charge in [0.15, 0.2) is 5.78 Å². The van der Waals surface area contributed by atoms with E-state index in [1.54, 1.807) is 6.92 Å². The summed E-state index contributed by atoms with van der Waals surface area (Å²) < 4.78 is 0. The van der Waals surface area contributed by atoms with Gasteiger partial charge in [0.05, 0.1) is 0 Å². The first-order valence-corrected chi connectivity index (χ1v) is 4.67. The molecule has 0 saturated carbocycles. The number of carbonyl (C=O) groups is 1. The lowest BCUT2D eigenvalue weighted by Crippen LogP contribution is -2.13. The molecule has 2 heteroatoms. The molecule has 1 aliphatic rings. The van der Waals surface area contributed by atoms with Crippen LogP contribution in [-0.2, 0) is 4.79 Å². The minimum absolute atomic E-state index is 0.0888. The second-order valence-electron chi connectivity index (χ2n) is 3.08. The van der Waals surface area contributed by atoms with Crippen LogP contribution in [0.2, 0.25) is 0 Å². The Bertz CT molecular complexity index is 345. The number of rotatable bonds is 2. The van der Waals surface area contributed by atoms with Gasteiger partial charge in [-0.2, -0.15) is 0 Å². The van der Waals surface area contributed by atoms with Crippen LogP contribution in [-0.4, -0.2) is 10.7 Å². The largest absolute Gasteiger partial charge is 0.324 e. The van der Waals surface area contributed by atoms with Crippen molar-refractivity contribution >= 4 is 5.78 Å². The van der Waals surface area contributed by atoms with E-state index in [1.165, 1.54) is 0 Å². The second-order valence-corrected chi connectivity index (χ2v) is 3.08. The zero-order valence-electron chi connectivity index (χ0n) is 8.82. The van der Waals surface area contributed by atoms with Crippen LogP contribution in [0.25, 0.3) is 0 Å². The molecule has 0 aromatic rings. The Hall–Kier alpha value is -1.57. The van der Waals surface area contributed by atoms with Crippen molar-refractivity contribution < 1.29 is 4.79 Å². The van der Waals surface area contributed by atoms with Crippen LogP contribution in [0, 0.1) is 0 Å². The van der Waals surface area contributed by atoms with Crippen LogP contribution in [0.15, 0.2) is 48.0 Å². The predicted octanol–water partition coefficient (Wildman–Crippen LogP) is 2.77. The molecule has 1 aliphatic heterocycles. The van der Waals surface area contributed by atoms with Gasteiger partial charge in [-0.15, -0.1) is 0 Å². The van der Waals surface area contributed by atoms with Crippen LogP contribution in [0.1, 0.15) is 20.8 Å². The molecule has 0 aromatic heterocycles. The standard InChI is InChI=1S/C12H15NO/c1-4-8-13-9-11(10(3)14)6-7-12(13)5-2/h4-9H,1-3H3/b8-4-,12-5-. The average Bonchev–Trinajstić information content (AvgIpc) is 2.18. The molecule has 0 N–H and O–H groups in total. The van der Waals surface area contributed by atoms with Gasteiger partial charge in [-0.25, -0.2) is 0 Å². The molecule has 0 spiro atoms. The first-order valence-electron chi connectivity index (χ1n) is 4.67. The van der Waals surface area contributed by atoms with Crippen molar-refractivity contribution in [3.63, 3.8) is 0 Å². The van der Waals surface area contributed by atoms with Crippen LogP contribution >= 0.6 is 0 Å². The van der Waals surface area contributed by atoms with E-state index in [4.69, 9.17) is 0 Å². The van der Waals surface area contributed by atoms with Crippen LogP contribution in [0.4, 0.5) is 0 Å². The SMILES string of the molecule is C/C=C\N1C=C(C(C)=O)C=C/C1=C/C. The summed E-state index contributed by atoms with van der Waals surface area (Å²) in [6.45, 7) is 5.50. The van der Waals surface area contributed by atoms with Crippen molar-refractivity contribution in [2.24, 2.45) is 0 Å². The maximum absolute atomic E-state index is 11.2. The zero-order chi connectivity index (χ0) is 10.6. The molecule has 1 heterocycles. The molecule has 0 bridgehead atoms. The van der Waals surface area contributed by atoms with Crippen molar-refractivity contribution in [2.45, 2.75) is 20.8 Å². The molecule has 0 radical (unpaired) electrons. The maximum atomic E-state index is 11.2. The topological polar surface area (TPSA) is 20.3 Å². The fraction of sp³-hybridized carbons (Fsp3) is 0.250. The lowest BCUT2D eigenvalue weighted by atomic mass is 10.1. The minimum Gasteiger partial charge on any atom is -0.324 e. The predicted molar refractivity (Wildman–Crippen MR) is 58.3 cm³/mol. The van der Waals surface area contributed by atoms with E-state index in [1.807, 2.05) is 55.5 Å². The summed E-state index contributed by atoms with van der Waals surface area (Å²) >= 11 is 0. The van der Waals surface area contributed by atoms with Gasteiger partial charge in [-0.1, -0.05) is 12.2 Å². The number of allylic oxidation sites excluding steroid dienone is 5. The number of hydrogen-bond acceptors (Lipinski definition) is 2. The van der Waals surface area contributed by atoms with E-state index in [2.05, 4.69) is 0 Å². The smallest absolute Gasteiger partial charge is 0.161 e. The monoisotopic (exact) mass is 189 g/mol. The molecule has 0 amide bonds. The van der Waals surface area contributed by atoms with Crippen molar-refractivity contribution in [3.8, 4) is 0 Å². The molecule has 0 atom stereocenters. The summed E-state index contributed by atoms with van der Waals surface area (Å²) in [5.41, 5.74) is 1.81. The van der Waals surface area contributed by atoms with Crippen molar-refractivity contribution in [1.82, 2.24) is 4.90 Å². The Labute approximate surface area is 84.9 Å². The Balaban J connectivity index is 3.00. The van der Waals surface area contributed by atoms with E-state index in [9.17, 15) is 4.79 Å². The van der Waals surface area contributed by atoms with E-state index < -0.39 is 0 Å². The summed E-state index contributed by atoms with van der Waals surface area (Å²) in [6.07, 6.45) is 11.5. The molecule has 0 aromatic carbocycles. The average molecular weight is 189 g/mol. The first-order chi connectivity index (χ1) is 6.69. The molecular weight excluding hydrogens is 174 g/mol. The fourth-order valence-corrected chi connectivity index (χ4v) is 1.27. The van der Waals surface area contributed by atoms with Crippen LogP contribution in [0.3, 0.4) is 0 Å². The van der Waals surface area contributed by atoms with Crippen molar-refractivity contribution in [1.29, 1.82) is 0 Å². The lowest BCUT2D eigenvalue weighted by Gasteiger charge is -2.21. The van der Waals surface area contributed by atoms with E-state index in [0.717, 1.165) is 11.3 Å². The normalized spacial score (nSPS) is 19.2. The van der Waals surface area contributed by atoms with Gasteiger partial charge in [-0.3, -0.25) is 4.79 Å². The fourth-order valence-electron chi connectivity index (χ4n) is 1.27. The molecular formula is C12H15NO. The van der Waals surface area contributed by atoms with Gasteiger partial charge >= 0.3 is 0 Å². The molecule has 0 saturated heterocycles. The number of ketones is 1. The highest BCUT2D eigenvalue weighted by molar-refractivity contribution is 5.96. The zero-order valence-corrected chi connectivity index (χ0v) is 8.82. The van der Waals surface area contributed by atoms with Gasteiger partial charge < -0.3 is 4.90 Å². The van der Waals surface area contributed by atoms with Crippen molar-refractivity contribution in [2.75, 3.05) is 0 Å². The Morgan fingerprint density at radius 1 is 1.36 bits per heavy atom. The molecule has 2 nitrogen and oxygen atoms in total. The van der Waals surface area contributed by atoms with Crippen LogP contribution < -0.4 is 0 Å². The van der Waals surface area contributed by atoms with Gasteiger partial charge in [-0.05, 0) is 32.9 Å². The highest BCUT2D eigenvalue weighted by atomic mass is 16.1. The third-order valence-electron chi connectivity index (χ3n) is 2.02. The summed E-state index contributed by atoms with van der Waals surface area (Å²) in [6, 6.07) is 0. The quantitative estimate of drug-likeness (QED) is 0.665. The summed E-state index contributed by atoms with van der Waals surface area (Å²) in [5.74, 6) is 0.0888. The summed E-state index contributed by atoms with van der Waals surface area (Å²) in [7, 11) is 0. The molecule has 1 rings (SSSR count).